The largest absolute Gasteiger partial charge is 0.384 e. The van der Waals surface area contributed by atoms with Crippen LogP contribution in [-0.2, 0) is 0 Å². The van der Waals surface area contributed by atoms with Crippen LogP contribution in [0.15, 0.2) is 13.2 Å². The van der Waals surface area contributed by atoms with Crippen molar-refractivity contribution in [2.75, 3.05) is 0 Å². The van der Waals surface area contributed by atoms with Gasteiger partial charge < -0.3 is 22.9 Å². The minimum absolute atomic E-state index is 0.350. The number of nitrogens with two attached hydrogens (primary N) is 4. The van der Waals surface area contributed by atoms with Crippen LogP contribution in [0.3, 0.4) is 0 Å². The lowest BCUT2D eigenvalue weighted by atomic mass is 11.3. The highest BCUT2D eigenvalue weighted by molar-refractivity contribution is 8.90. The molecule has 0 amide bonds. The van der Waals surface area contributed by atoms with Crippen molar-refractivity contribution in [1.29, 1.82) is 0 Å². The monoisotopic (exact) mass is 396 g/mol. The van der Waals surface area contributed by atoms with E-state index in [-0.39, 0.29) is 0 Å². The lowest BCUT2D eigenvalue weighted by molar-refractivity contribution is 1.90. The van der Waals surface area contributed by atoms with Gasteiger partial charge in [-0.2, -0.15) is 0 Å². The van der Waals surface area contributed by atoms with Crippen molar-refractivity contribution in [2.24, 2.45) is 22.9 Å². The van der Waals surface area contributed by atoms with Gasteiger partial charge in [-0.3, -0.25) is 0 Å². The zero-order valence-electron chi connectivity index (χ0n) is 8.99. The molecule has 104 valence electrons. The molecule has 8 N–H and O–H groups in total. The van der Waals surface area contributed by atoms with E-state index in [1.165, 1.54) is 43.2 Å². The number of thiocarbonyl (C=S) groups is 4. The Morgan fingerprint density at radius 2 is 0.667 bits per heavy atom. The van der Waals surface area contributed by atoms with Gasteiger partial charge in [-0.05, 0) is 43.2 Å². The smallest absolute Gasteiger partial charge is 0.142 e. The van der Waals surface area contributed by atoms with Crippen molar-refractivity contribution in [3.8, 4) is 0 Å². The normalized spacial score (nSPS) is 7.78. The number of hydrogen-bond donors (Lipinski definition) is 4. The molecule has 0 aliphatic carbocycles. The van der Waals surface area contributed by atoms with Gasteiger partial charge in [0.15, 0.2) is 0 Å². The summed E-state index contributed by atoms with van der Waals surface area (Å²) in [5.41, 5.74) is 20.4. The number of hydrogen-bond acceptors (Lipinski definition) is 8. The summed E-state index contributed by atoms with van der Waals surface area (Å²) in [4.78, 5) is 0. The fraction of sp³-hybridized carbons (Fsp3) is 0. The summed E-state index contributed by atoms with van der Waals surface area (Å²) in [5.74, 6) is 0. The molecule has 0 radical (unpaired) electrons. The fourth-order valence-corrected chi connectivity index (χ4v) is 2.70. The molecule has 0 saturated heterocycles. The molecule has 0 aromatic rings. The third-order valence-corrected chi connectivity index (χ3v) is 6.16. The molecule has 0 fully saturated rings. The van der Waals surface area contributed by atoms with Crippen LogP contribution in [0.2, 0.25) is 0 Å². The van der Waals surface area contributed by atoms with E-state index in [9.17, 15) is 0 Å². The Kier molecular flexibility index (Phi) is 23.4. The predicted octanol–water partition coefficient (Wildman–Crippen LogP) is 2.51. The fourth-order valence-electron chi connectivity index (χ4n) is 0.164. The standard InChI is InChI=1S/2C2H4N2S4.C2H4/c2*3-1(5)7-8-2(4)6;1-2/h2*(H2,3,5)(H2,4,6);1-2H2. The third kappa shape index (κ3) is 36.0. The summed E-state index contributed by atoms with van der Waals surface area (Å²) in [7, 11) is 4.80. The molecule has 12 heteroatoms. The van der Waals surface area contributed by atoms with Crippen LogP contribution >= 0.6 is 92.0 Å². The lowest BCUT2D eigenvalue weighted by Crippen LogP contribution is -2.04. The summed E-state index contributed by atoms with van der Waals surface area (Å²) in [6.07, 6.45) is 0. The maximum atomic E-state index is 5.10. The van der Waals surface area contributed by atoms with Gasteiger partial charge in [-0.25, -0.2) is 0 Å². The van der Waals surface area contributed by atoms with Gasteiger partial charge in [0.25, 0.3) is 0 Å². The molecule has 0 unspecified atom stereocenters. The van der Waals surface area contributed by atoms with E-state index in [2.05, 4.69) is 62.0 Å². The molecular formula is C6H12N4S8. The summed E-state index contributed by atoms with van der Waals surface area (Å²) >= 11 is 18.1. The van der Waals surface area contributed by atoms with Crippen molar-refractivity contribution in [1.82, 2.24) is 0 Å². The molecule has 0 saturated carbocycles. The zero-order chi connectivity index (χ0) is 15.1. The first-order valence-electron chi connectivity index (χ1n) is 3.62. The lowest BCUT2D eigenvalue weighted by Gasteiger charge is -1.91. The van der Waals surface area contributed by atoms with Gasteiger partial charge in [0.1, 0.15) is 17.3 Å². The summed E-state index contributed by atoms with van der Waals surface area (Å²) in [6.45, 7) is 6.00. The molecule has 4 nitrogen and oxygen atoms in total. The van der Waals surface area contributed by atoms with E-state index in [1.54, 1.807) is 0 Å². The average molecular weight is 397 g/mol. The van der Waals surface area contributed by atoms with Gasteiger partial charge in [0, 0.05) is 0 Å². The van der Waals surface area contributed by atoms with Crippen molar-refractivity contribution >= 4 is 109 Å². The van der Waals surface area contributed by atoms with Crippen molar-refractivity contribution in [2.45, 2.75) is 0 Å². The van der Waals surface area contributed by atoms with E-state index < -0.39 is 0 Å². The van der Waals surface area contributed by atoms with Crippen LogP contribution in [-0.4, -0.2) is 17.3 Å². The third-order valence-electron chi connectivity index (χ3n) is 0.412. The Morgan fingerprint density at radius 1 is 0.556 bits per heavy atom. The van der Waals surface area contributed by atoms with Gasteiger partial charge in [0.05, 0.1) is 0 Å². The van der Waals surface area contributed by atoms with Gasteiger partial charge in [-0.1, -0.05) is 48.9 Å². The Bertz CT molecular complexity index is 237. The van der Waals surface area contributed by atoms with Crippen LogP contribution in [0, 0.1) is 0 Å². The van der Waals surface area contributed by atoms with Crippen LogP contribution in [0.4, 0.5) is 0 Å². The van der Waals surface area contributed by atoms with Crippen LogP contribution in [0.5, 0.6) is 0 Å². The molecule has 0 aliphatic rings. The van der Waals surface area contributed by atoms with Gasteiger partial charge in [0.2, 0.25) is 0 Å². The molecule has 18 heavy (non-hydrogen) atoms. The summed E-state index contributed by atoms with van der Waals surface area (Å²) in [6, 6.07) is 0. The zero-order valence-corrected chi connectivity index (χ0v) is 15.5. The second-order valence-electron chi connectivity index (χ2n) is 1.61. The highest BCUT2D eigenvalue weighted by Gasteiger charge is 1.92. The highest BCUT2D eigenvalue weighted by Crippen LogP contribution is 2.20. The molecule has 0 aliphatic heterocycles. The molecule has 0 aromatic heterocycles. The minimum atomic E-state index is 0.350. The highest BCUT2D eigenvalue weighted by atomic mass is 33.1. The van der Waals surface area contributed by atoms with E-state index >= 15 is 0 Å². The van der Waals surface area contributed by atoms with Crippen LogP contribution in [0.25, 0.3) is 0 Å². The molecule has 0 heterocycles. The van der Waals surface area contributed by atoms with Gasteiger partial charge >= 0.3 is 0 Å². The maximum absolute atomic E-state index is 5.10. The molecular weight excluding hydrogens is 385 g/mol. The van der Waals surface area contributed by atoms with E-state index in [0.29, 0.717) is 17.3 Å². The molecule has 0 atom stereocenters. The topological polar surface area (TPSA) is 104 Å². The Balaban J connectivity index is -0.000000219. The quantitative estimate of drug-likeness (QED) is 0.275. The SMILES string of the molecule is C=C.NC(=S)SSC(N)=S.NC(=S)SSC(N)=S. The maximum Gasteiger partial charge on any atom is 0.142 e. The minimum Gasteiger partial charge on any atom is -0.384 e. The number of rotatable bonds is 0. The Hall–Kier alpha value is 0.700. The van der Waals surface area contributed by atoms with Crippen LogP contribution in [0.1, 0.15) is 0 Å². The molecule has 0 aromatic carbocycles. The molecule has 0 bridgehead atoms. The van der Waals surface area contributed by atoms with Crippen molar-refractivity contribution in [3.05, 3.63) is 13.2 Å². The second kappa shape index (κ2) is 17.7. The average Bonchev–Trinajstić information content (AvgIpc) is 2.27. The van der Waals surface area contributed by atoms with Gasteiger partial charge in [-0.15, -0.1) is 13.2 Å². The van der Waals surface area contributed by atoms with Crippen molar-refractivity contribution in [3.63, 3.8) is 0 Å². The Labute approximate surface area is 144 Å². The van der Waals surface area contributed by atoms with Crippen LogP contribution < -0.4 is 22.9 Å². The first-order chi connectivity index (χ1) is 8.25. The predicted molar refractivity (Wildman–Crippen MR) is 109 cm³/mol. The first kappa shape index (κ1) is 23.8. The van der Waals surface area contributed by atoms with E-state index in [0.717, 1.165) is 0 Å². The summed E-state index contributed by atoms with van der Waals surface area (Å²) < 4.78 is 1.40. The Morgan fingerprint density at radius 3 is 0.722 bits per heavy atom. The second-order valence-corrected chi connectivity index (χ2v) is 8.83. The van der Waals surface area contributed by atoms with Crippen molar-refractivity contribution < 1.29 is 0 Å². The van der Waals surface area contributed by atoms with E-state index in [1.807, 2.05) is 0 Å². The summed E-state index contributed by atoms with van der Waals surface area (Å²) in [5, 5.41) is 0. The van der Waals surface area contributed by atoms with E-state index in [4.69, 9.17) is 22.9 Å². The molecule has 0 rings (SSSR count). The molecule has 0 spiro atoms. The first-order valence-corrected chi connectivity index (χ1v) is 9.55.